The summed E-state index contributed by atoms with van der Waals surface area (Å²) in [6.45, 7) is 0. The summed E-state index contributed by atoms with van der Waals surface area (Å²) in [7, 11) is 1.65. The first-order valence-corrected chi connectivity index (χ1v) is 11.4. The van der Waals surface area contributed by atoms with E-state index in [2.05, 4.69) is 38.8 Å². The van der Waals surface area contributed by atoms with E-state index < -0.39 is 0 Å². The van der Waals surface area contributed by atoms with Gasteiger partial charge in [-0.1, -0.05) is 48.5 Å². The van der Waals surface area contributed by atoms with Gasteiger partial charge in [-0.05, 0) is 59.4 Å². The van der Waals surface area contributed by atoms with Gasteiger partial charge in [-0.25, -0.2) is 9.97 Å². The van der Waals surface area contributed by atoms with Crippen molar-refractivity contribution in [2.24, 2.45) is 0 Å². The number of nitrogens with zero attached hydrogens (tertiary/aromatic N) is 2. The van der Waals surface area contributed by atoms with E-state index in [1.807, 2.05) is 67.0 Å². The summed E-state index contributed by atoms with van der Waals surface area (Å²) in [6.07, 6.45) is 5.93. The van der Waals surface area contributed by atoms with Crippen molar-refractivity contribution >= 4 is 17.5 Å². The molecule has 0 spiro atoms. The van der Waals surface area contributed by atoms with Crippen molar-refractivity contribution in [1.82, 2.24) is 15.3 Å². The van der Waals surface area contributed by atoms with E-state index in [-0.39, 0.29) is 12.0 Å². The van der Waals surface area contributed by atoms with E-state index in [0.717, 1.165) is 41.0 Å². The number of hydrogen-bond donors (Lipinski definition) is 2. The maximum Gasteiger partial charge on any atom is 0.227 e. The lowest BCUT2D eigenvalue weighted by molar-refractivity contribution is -0.119. The predicted octanol–water partition coefficient (Wildman–Crippen LogP) is 5.24. The Morgan fingerprint density at radius 2 is 1.79 bits per heavy atom. The predicted molar refractivity (Wildman–Crippen MR) is 133 cm³/mol. The second-order valence-corrected chi connectivity index (χ2v) is 8.34. The summed E-state index contributed by atoms with van der Waals surface area (Å²) in [5.41, 5.74) is 6.47. The molecule has 170 valence electrons. The van der Waals surface area contributed by atoms with Crippen LogP contribution in [0.5, 0.6) is 5.75 Å². The highest BCUT2D eigenvalue weighted by atomic mass is 16.5. The minimum absolute atomic E-state index is 0.00741. The van der Waals surface area contributed by atoms with Crippen LogP contribution in [0.1, 0.15) is 29.2 Å². The first-order chi connectivity index (χ1) is 16.7. The molecule has 0 unspecified atom stereocenters. The lowest BCUT2D eigenvalue weighted by Crippen LogP contribution is -2.19. The van der Waals surface area contributed by atoms with Crippen LogP contribution in [0.3, 0.4) is 0 Å². The summed E-state index contributed by atoms with van der Waals surface area (Å²) >= 11 is 0. The van der Waals surface area contributed by atoms with Crippen molar-refractivity contribution in [3.8, 4) is 16.9 Å². The topological polar surface area (TPSA) is 76.1 Å². The zero-order valence-electron chi connectivity index (χ0n) is 19.0. The molecule has 3 aromatic carbocycles. The van der Waals surface area contributed by atoms with Crippen LogP contribution in [0.2, 0.25) is 0 Å². The van der Waals surface area contributed by atoms with E-state index in [0.29, 0.717) is 12.4 Å². The van der Waals surface area contributed by atoms with Gasteiger partial charge in [0.05, 0.1) is 6.42 Å². The first kappa shape index (κ1) is 21.6. The summed E-state index contributed by atoms with van der Waals surface area (Å²) in [6, 6.07) is 24.1. The molecule has 4 aromatic rings. The number of ether oxygens (including phenoxy) is 1. The van der Waals surface area contributed by atoms with Crippen LogP contribution in [-0.2, 0) is 17.6 Å². The van der Waals surface area contributed by atoms with Crippen molar-refractivity contribution in [2.75, 3.05) is 12.4 Å². The third-order valence-electron chi connectivity index (χ3n) is 6.00. The summed E-state index contributed by atoms with van der Waals surface area (Å²) < 4.78 is 6.31. The van der Waals surface area contributed by atoms with Crippen LogP contribution in [0, 0.1) is 0 Å². The molecule has 6 heteroatoms. The maximum atomic E-state index is 11.7. The Kier molecular flexibility index (Phi) is 6.21. The normalized spacial score (nSPS) is 14.3. The fourth-order valence-electron chi connectivity index (χ4n) is 4.24. The molecule has 1 aliphatic rings. The van der Waals surface area contributed by atoms with Gasteiger partial charge in [0.1, 0.15) is 11.9 Å². The van der Waals surface area contributed by atoms with Crippen molar-refractivity contribution in [3.63, 3.8) is 0 Å². The largest absolute Gasteiger partial charge is 0.486 e. The Bertz CT molecular complexity index is 1290. The molecule has 1 aliphatic carbocycles. The summed E-state index contributed by atoms with van der Waals surface area (Å²) in [4.78, 5) is 20.6. The van der Waals surface area contributed by atoms with E-state index >= 15 is 0 Å². The summed E-state index contributed by atoms with van der Waals surface area (Å²) in [5, 5.41) is 5.87. The summed E-state index contributed by atoms with van der Waals surface area (Å²) in [5.74, 6) is 1.35. The highest BCUT2D eigenvalue weighted by molar-refractivity contribution is 5.78. The lowest BCUT2D eigenvalue weighted by atomic mass is 10.0. The smallest absolute Gasteiger partial charge is 0.227 e. The molecule has 0 fully saturated rings. The molecule has 1 amide bonds. The number of nitrogens with one attached hydrogen (secondary N) is 2. The molecule has 1 aromatic heterocycles. The number of carbonyl (C=O) groups excluding carboxylic acids is 1. The lowest BCUT2D eigenvalue weighted by Gasteiger charge is -2.16. The van der Waals surface area contributed by atoms with Gasteiger partial charge >= 0.3 is 0 Å². The SMILES string of the molecule is CNC(=O)Cc1cccc(O[C@H]2CCc3cc(-c4cnc(Nc5ccccc5)nc4)ccc32)c1. The number of hydrogen-bond acceptors (Lipinski definition) is 5. The first-order valence-electron chi connectivity index (χ1n) is 11.4. The van der Waals surface area contributed by atoms with Gasteiger partial charge < -0.3 is 15.4 Å². The number of anilines is 2. The monoisotopic (exact) mass is 450 g/mol. The number of fused-ring (bicyclic) bond motifs is 1. The fourth-order valence-corrected chi connectivity index (χ4v) is 4.24. The van der Waals surface area contributed by atoms with Gasteiger partial charge in [0.15, 0.2) is 0 Å². The van der Waals surface area contributed by atoms with Crippen LogP contribution in [0.4, 0.5) is 11.6 Å². The average molecular weight is 451 g/mol. The van der Waals surface area contributed by atoms with E-state index in [1.54, 1.807) is 7.05 Å². The molecule has 0 radical (unpaired) electrons. The van der Waals surface area contributed by atoms with E-state index in [9.17, 15) is 4.79 Å². The highest BCUT2D eigenvalue weighted by Gasteiger charge is 2.24. The maximum absolute atomic E-state index is 11.7. The molecule has 0 aliphatic heterocycles. The molecule has 34 heavy (non-hydrogen) atoms. The Morgan fingerprint density at radius 1 is 0.971 bits per heavy atom. The molecule has 5 rings (SSSR count). The van der Waals surface area contributed by atoms with Crippen LogP contribution in [-0.4, -0.2) is 22.9 Å². The molecule has 1 atom stereocenters. The number of benzene rings is 3. The molecule has 6 nitrogen and oxygen atoms in total. The number of rotatable bonds is 7. The third-order valence-corrected chi connectivity index (χ3v) is 6.00. The Morgan fingerprint density at radius 3 is 2.59 bits per heavy atom. The van der Waals surface area contributed by atoms with Gasteiger partial charge in [-0.15, -0.1) is 0 Å². The molecular formula is C28H26N4O2. The molecule has 1 heterocycles. The number of amides is 1. The minimum atomic E-state index is -0.0104. The Labute approximate surface area is 199 Å². The van der Waals surface area contributed by atoms with Crippen molar-refractivity contribution < 1.29 is 9.53 Å². The number of carbonyl (C=O) groups is 1. The van der Waals surface area contributed by atoms with Crippen molar-refractivity contribution in [2.45, 2.75) is 25.4 Å². The van der Waals surface area contributed by atoms with Gasteiger partial charge in [0.2, 0.25) is 11.9 Å². The molecule has 0 saturated heterocycles. The van der Waals surface area contributed by atoms with E-state index in [1.165, 1.54) is 11.1 Å². The molecule has 0 bridgehead atoms. The zero-order chi connectivity index (χ0) is 23.3. The van der Waals surface area contributed by atoms with Gasteiger partial charge in [-0.2, -0.15) is 0 Å². The molecule has 0 saturated carbocycles. The van der Waals surface area contributed by atoms with Crippen molar-refractivity contribution in [1.29, 1.82) is 0 Å². The highest BCUT2D eigenvalue weighted by Crippen LogP contribution is 2.37. The van der Waals surface area contributed by atoms with Crippen LogP contribution in [0.25, 0.3) is 11.1 Å². The van der Waals surface area contributed by atoms with Crippen molar-refractivity contribution in [3.05, 3.63) is 102 Å². The van der Waals surface area contributed by atoms with Crippen LogP contribution in [0.15, 0.2) is 85.2 Å². The minimum Gasteiger partial charge on any atom is -0.486 e. The molecule has 2 N–H and O–H groups in total. The van der Waals surface area contributed by atoms with E-state index in [4.69, 9.17) is 4.74 Å². The van der Waals surface area contributed by atoms with Crippen LogP contribution >= 0.6 is 0 Å². The standard InChI is InChI=1S/C28H26N4O2/c1-29-27(33)15-19-6-5-9-24(14-19)34-26-13-11-21-16-20(10-12-25(21)26)22-17-30-28(31-18-22)32-23-7-3-2-4-8-23/h2-10,12,14,16-18,26H,11,13,15H2,1H3,(H,29,33)(H,30,31,32)/t26-/m0/s1. The second kappa shape index (κ2) is 9.75. The Hall–Kier alpha value is -4.19. The second-order valence-electron chi connectivity index (χ2n) is 8.34. The third kappa shape index (κ3) is 4.91. The number of likely N-dealkylation sites (N-methyl/N-ethyl adjacent to an activating group) is 1. The Balaban J connectivity index is 1.28. The number of aryl methyl sites for hydroxylation is 1. The number of aromatic nitrogens is 2. The van der Waals surface area contributed by atoms with Gasteiger partial charge in [0, 0.05) is 30.7 Å². The van der Waals surface area contributed by atoms with Gasteiger partial charge in [0.25, 0.3) is 0 Å². The number of para-hydroxylation sites is 1. The quantitative estimate of drug-likeness (QED) is 0.403. The zero-order valence-corrected chi connectivity index (χ0v) is 19.0. The van der Waals surface area contributed by atoms with Gasteiger partial charge in [-0.3, -0.25) is 4.79 Å². The average Bonchev–Trinajstić information content (AvgIpc) is 3.27. The fraction of sp³-hybridized carbons (Fsp3) is 0.179. The molecular weight excluding hydrogens is 424 g/mol. The van der Waals surface area contributed by atoms with Crippen LogP contribution < -0.4 is 15.4 Å².